The predicted octanol–water partition coefficient (Wildman–Crippen LogP) is 5.97. The van der Waals surface area contributed by atoms with Crippen LogP contribution in [0.2, 0.25) is 0 Å². The summed E-state index contributed by atoms with van der Waals surface area (Å²) in [5, 5.41) is 0.721. The van der Waals surface area contributed by atoms with E-state index in [-0.39, 0.29) is 4.90 Å². The Bertz CT molecular complexity index is 1380. The van der Waals surface area contributed by atoms with E-state index in [4.69, 9.17) is 9.52 Å². The van der Waals surface area contributed by atoms with Gasteiger partial charge in [-0.05, 0) is 101 Å². The Morgan fingerprint density at radius 3 is 2.68 bits per heavy atom. The van der Waals surface area contributed by atoms with E-state index in [1.54, 1.807) is 19.9 Å². The van der Waals surface area contributed by atoms with Crippen LogP contribution in [0.4, 0.5) is 4.39 Å². The molecule has 200 valence electrons. The topological polar surface area (TPSA) is 71.2 Å². The van der Waals surface area contributed by atoms with Gasteiger partial charge < -0.3 is 14.2 Å². The van der Waals surface area contributed by atoms with Crippen molar-refractivity contribution in [1.29, 1.82) is 4.78 Å². The summed E-state index contributed by atoms with van der Waals surface area (Å²) in [6.07, 6.45) is 10.2. The highest BCUT2D eigenvalue weighted by molar-refractivity contribution is 7.93. The second-order valence-corrected chi connectivity index (χ2v) is 13.8. The number of hydrogen-bond donors (Lipinski definition) is 1. The molecule has 2 fully saturated rings. The Labute approximate surface area is 220 Å². The molecule has 37 heavy (non-hydrogen) atoms. The number of ether oxygens (including phenoxy) is 1. The molecule has 1 aromatic carbocycles. The van der Waals surface area contributed by atoms with Crippen LogP contribution >= 0.6 is 0 Å². The van der Waals surface area contributed by atoms with Crippen LogP contribution < -0.4 is 0 Å². The molecule has 5 rings (SSSR count). The van der Waals surface area contributed by atoms with Gasteiger partial charge in [-0.3, -0.25) is 4.98 Å². The molecular weight excluding hydrogens is 487 g/mol. The maximum absolute atomic E-state index is 14.3. The minimum absolute atomic E-state index is 0.241. The van der Waals surface area contributed by atoms with E-state index in [0.29, 0.717) is 23.6 Å². The number of halogens is 1. The summed E-state index contributed by atoms with van der Waals surface area (Å²) in [5.41, 5.74) is 3.83. The fourth-order valence-corrected chi connectivity index (χ4v) is 7.46. The molecule has 2 aliphatic rings. The lowest BCUT2D eigenvalue weighted by Gasteiger charge is -2.34. The number of nitrogens with zero attached hydrogens (tertiary/aromatic N) is 3. The van der Waals surface area contributed by atoms with Gasteiger partial charge >= 0.3 is 0 Å². The number of pyridine rings is 1. The van der Waals surface area contributed by atoms with Gasteiger partial charge in [0.15, 0.2) is 0 Å². The molecule has 1 N–H and O–H groups in total. The van der Waals surface area contributed by atoms with Crippen molar-refractivity contribution in [3.8, 4) is 5.69 Å². The molecule has 0 bridgehead atoms. The first-order valence-corrected chi connectivity index (χ1v) is 15.1. The second kappa shape index (κ2) is 10.5. The monoisotopic (exact) mass is 526 g/mol. The molecule has 0 saturated carbocycles. The maximum atomic E-state index is 14.3. The third-order valence-electron chi connectivity index (χ3n) is 8.50. The Morgan fingerprint density at radius 1 is 1.19 bits per heavy atom. The van der Waals surface area contributed by atoms with Crippen molar-refractivity contribution in [3.63, 3.8) is 0 Å². The zero-order chi connectivity index (χ0) is 26.3. The van der Waals surface area contributed by atoms with E-state index >= 15 is 0 Å². The fraction of sp³-hybridized carbons (Fsp3) is 0.552. The predicted molar refractivity (Wildman–Crippen MR) is 146 cm³/mol. The average Bonchev–Trinajstić information content (AvgIpc) is 3.50. The van der Waals surface area contributed by atoms with Crippen molar-refractivity contribution in [1.82, 2.24) is 14.5 Å². The molecule has 0 amide bonds. The fourth-order valence-electron chi connectivity index (χ4n) is 6.19. The van der Waals surface area contributed by atoms with Gasteiger partial charge in [0, 0.05) is 48.8 Å². The summed E-state index contributed by atoms with van der Waals surface area (Å²) in [5.74, 6) is 0.785. The summed E-state index contributed by atoms with van der Waals surface area (Å²) in [4.78, 5) is 7.34. The lowest BCUT2D eigenvalue weighted by atomic mass is 9.92. The standard InChI is InChI=1S/C29H39FN4O2S/c1-19(2)37(31,35)28-14-25(30)5-6-26(28)34-18-24(29-20(3)15-32-16-27(29)34)13-22-7-10-33(17-22)21(4)23-8-11-36-12-9-23/h5-6,14-16,18-19,21-23,31H,7-13,17H2,1-4H3/t21-,22-,37?/m1/s1. The van der Waals surface area contributed by atoms with Gasteiger partial charge in [-0.1, -0.05) is 0 Å². The molecule has 2 aromatic heterocycles. The van der Waals surface area contributed by atoms with Crippen molar-refractivity contribution in [2.75, 3.05) is 26.3 Å². The molecular formula is C29H39FN4O2S. The molecule has 2 aliphatic heterocycles. The van der Waals surface area contributed by atoms with Crippen molar-refractivity contribution < 1.29 is 13.3 Å². The number of likely N-dealkylation sites (tertiary alicyclic amines) is 1. The Balaban J connectivity index is 1.48. The van der Waals surface area contributed by atoms with Crippen LogP contribution in [0, 0.1) is 29.4 Å². The molecule has 0 radical (unpaired) electrons. The van der Waals surface area contributed by atoms with Crippen LogP contribution in [0.5, 0.6) is 0 Å². The lowest BCUT2D eigenvalue weighted by Crippen LogP contribution is -2.39. The summed E-state index contributed by atoms with van der Waals surface area (Å²) in [6.45, 7) is 11.9. The summed E-state index contributed by atoms with van der Waals surface area (Å²) in [7, 11) is -3.19. The quantitative estimate of drug-likeness (QED) is 0.412. The van der Waals surface area contributed by atoms with Gasteiger partial charge in [-0.2, -0.15) is 0 Å². The molecule has 0 aliphatic carbocycles. The van der Waals surface area contributed by atoms with E-state index in [0.717, 1.165) is 62.0 Å². The minimum Gasteiger partial charge on any atom is -0.381 e. The van der Waals surface area contributed by atoms with Gasteiger partial charge in [0.2, 0.25) is 0 Å². The number of rotatable bonds is 7. The van der Waals surface area contributed by atoms with E-state index in [1.165, 1.54) is 24.1 Å². The largest absolute Gasteiger partial charge is 0.381 e. The van der Waals surface area contributed by atoms with Crippen LogP contribution in [0.3, 0.4) is 0 Å². The van der Waals surface area contributed by atoms with E-state index < -0.39 is 20.8 Å². The Hall–Kier alpha value is -2.29. The van der Waals surface area contributed by atoms with Crippen molar-refractivity contribution in [3.05, 3.63) is 53.7 Å². The van der Waals surface area contributed by atoms with E-state index in [2.05, 4.69) is 29.9 Å². The number of fused-ring (bicyclic) bond motifs is 1. The average molecular weight is 527 g/mol. The van der Waals surface area contributed by atoms with Crippen LogP contribution in [-0.4, -0.2) is 56.3 Å². The van der Waals surface area contributed by atoms with Gasteiger partial charge in [-0.25, -0.2) is 13.4 Å². The van der Waals surface area contributed by atoms with Gasteiger partial charge in [0.1, 0.15) is 5.82 Å². The molecule has 3 aromatic rings. The molecule has 4 heterocycles. The maximum Gasteiger partial charge on any atom is 0.124 e. The lowest BCUT2D eigenvalue weighted by molar-refractivity contribution is 0.0348. The van der Waals surface area contributed by atoms with Gasteiger partial charge in [0.25, 0.3) is 0 Å². The molecule has 6 nitrogen and oxygen atoms in total. The van der Waals surface area contributed by atoms with Crippen LogP contribution in [0.1, 0.15) is 51.2 Å². The third kappa shape index (κ3) is 5.08. The summed E-state index contributed by atoms with van der Waals surface area (Å²) in [6, 6.07) is 4.88. The third-order valence-corrected chi connectivity index (χ3v) is 10.8. The number of benzene rings is 1. The Kier molecular flexibility index (Phi) is 7.44. The number of nitrogens with one attached hydrogen (secondary N) is 1. The SMILES string of the molecule is Cc1cncc2c1c(C[C@H]1CCN([C@H](C)C3CCOCC3)C1)cn2-c1ccc(F)cc1S(=N)(=O)C(C)C. The Morgan fingerprint density at radius 2 is 1.95 bits per heavy atom. The first kappa shape index (κ1) is 26.3. The van der Waals surface area contributed by atoms with Crippen LogP contribution in [0.15, 0.2) is 41.7 Å². The molecule has 1 unspecified atom stereocenters. The summed E-state index contributed by atoms with van der Waals surface area (Å²) < 4.78 is 43.9. The van der Waals surface area contributed by atoms with E-state index in [9.17, 15) is 8.60 Å². The minimum atomic E-state index is -3.19. The molecule has 8 heteroatoms. The second-order valence-electron chi connectivity index (χ2n) is 11.2. The van der Waals surface area contributed by atoms with Crippen LogP contribution in [0.25, 0.3) is 16.6 Å². The van der Waals surface area contributed by atoms with Crippen LogP contribution in [-0.2, 0) is 20.9 Å². The highest BCUT2D eigenvalue weighted by Gasteiger charge is 2.32. The number of aromatic nitrogens is 2. The summed E-state index contributed by atoms with van der Waals surface area (Å²) >= 11 is 0. The van der Waals surface area contributed by atoms with Gasteiger partial charge in [-0.15, -0.1) is 0 Å². The van der Waals surface area contributed by atoms with Crippen molar-refractivity contribution in [2.45, 2.75) is 69.6 Å². The molecule has 0 spiro atoms. The highest BCUT2D eigenvalue weighted by atomic mass is 32.2. The first-order chi connectivity index (χ1) is 17.7. The zero-order valence-electron chi connectivity index (χ0n) is 22.4. The number of hydrogen-bond acceptors (Lipinski definition) is 5. The van der Waals surface area contributed by atoms with Crippen molar-refractivity contribution >= 4 is 20.6 Å². The highest BCUT2D eigenvalue weighted by Crippen LogP contribution is 2.35. The van der Waals surface area contributed by atoms with E-state index in [1.807, 2.05) is 17.0 Å². The zero-order valence-corrected chi connectivity index (χ0v) is 23.2. The molecule has 3 atom stereocenters. The molecule has 2 saturated heterocycles. The smallest absolute Gasteiger partial charge is 0.124 e. The van der Waals surface area contributed by atoms with Gasteiger partial charge in [0.05, 0.1) is 32.0 Å². The van der Waals surface area contributed by atoms with Crippen molar-refractivity contribution in [2.24, 2.45) is 11.8 Å². The number of aryl methyl sites for hydroxylation is 1. The normalized spacial score (nSPS) is 22.1. The first-order valence-electron chi connectivity index (χ1n) is 13.5.